The number of allylic oxidation sites excluding steroid dienone is 1. The fourth-order valence-electron chi connectivity index (χ4n) is 4.68. The summed E-state index contributed by atoms with van der Waals surface area (Å²) in [6.45, 7) is 3.31. The highest BCUT2D eigenvalue weighted by Gasteiger charge is 2.36. The first kappa shape index (κ1) is 18.7. The van der Waals surface area contributed by atoms with E-state index < -0.39 is 0 Å². The molecule has 1 saturated carbocycles. The summed E-state index contributed by atoms with van der Waals surface area (Å²) in [5, 5.41) is 0.632. The van der Waals surface area contributed by atoms with E-state index in [4.69, 9.17) is 21.1 Å². The normalized spacial score (nSPS) is 20.9. The first-order valence-electron chi connectivity index (χ1n) is 10.3. The summed E-state index contributed by atoms with van der Waals surface area (Å²) in [4.78, 5) is 15.5. The number of halogens is 1. The van der Waals surface area contributed by atoms with E-state index in [1.807, 2.05) is 37.3 Å². The third-order valence-electron chi connectivity index (χ3n) is 6.19. The molecule has 0 aromatic heterocycles. The van der Waals surface area contributed by atoms with Gasteiger partial charge in [0.25, 0.3) is 0 Å². The average molecular weight is 410 g/mol. The summed E-state index contributed by atoms with van der Waals surface area (Å²) in [5.41, 5.74) is 3.39. The molecule has 0 radical (unpaired) electrons. The Morgan fingerprint density at radius 1 is 1.17 bits per heavy atom. The third kappa shape index (κ3) is 3.45. The molecule has 2 aliphatic heterocycles. The zero-order valence-electron chi connectivity index (χ0n) is 16.5. The van der Waals surface area contributed by atoms with E-state index in [9.17, 15) is 4.79 Å². The molecule has 4 nitrogen and oxygen atoms in total. The molecular formula is C24H24ClNO3. The number of aryl methyl sites for hydroxylation is 1. The Balaban J connectivity index is 1.49. The van der Waals surface area contributed by atoms with E-state index in [-0.39, 0.29) is 5.78 Å². The van der Waals surface area contributed by atoms with E-state index in [1.165, 1.54) is 32.1 Å². The number of nitrogens with zero attached hydrogens (tertiary/aromatic N) is 1. The smallest absolute Gasteiger partial charge is 0.232 e. The zero-order chi connectivity index (χ0) is 20.0. The van der Waals surface area contributed by atoms with Crippen LogP contribution in [-0.4, -0.2) is 23.5 Å². The monoisotopic (exact) mass is 409 g/mol. The van der Waals surface area contributed by atoms with E-state index in [2.05, 4.69) is 4.90 Å². The predicted molar refractivity (Wildman–Crippen MR) is 113 cm³/mol. The molecule has 2 aromatic carbocycles. The number of hydrogen-bond acceptors (Lipinski definition) is 4. The molecule has 3 aliphatic rings. The number of rotatable bonds is 2. The largest absolute Gasteiger partial charge is 0.478 e. The van der Waals surface area contributed by atoms with Crippen LogP contribution in [0.3, 0.4) is 0 Å². The highest BCUT2D eigenvalue weighted by atomic mass is 35.5. The lowest BCUT2D eigenvalue weighted by Gasteiger charge is -2.37. The lowest BCUT2D eigenvalue weighted by atomic mass is 9.93. The quantitative estimate of drug-likeness (QED) is 0.592. The summed E-state index contributed by atoms with van der Waals surface area (Å²) in [5.74, 6) is 1.77. The maximum atomic E-state index is 13.1. The van der Waals surface area contributed by atoms with Crippen molar-refractivity contribution in [3.63, 3.8) is 0 Å². The first-order valence-corrected chi connectivity index (χ1v) is 10.7. The average Bonchev–Trinajstić information content (AvgIpc) is 3.05. The van der Waals surface area contributed by atoms with Crippen LogP contribution in [0.2, 0.25) is 5.02 Å². The number of carbonyl (C=O) groups is 1. The second-order valence-corrected chi connectivity index (χ2v) is 8.62. The second kappa shape index (κ2) is 7.51. The van der Waals surface area contributed by atoms with Gasteiger partial charge in [-0.1, -0.05) is 43.0 Å². The van der Waals surface area contributed by atoms with Gasteiger partial charge in [0.15, 0.2) is 5.76 Å². The number of ketones is 1. The van der Waals surface area contributed by atoms with E-state index in [0.29, 0.717) is 34.9 Å². The van der Waals surface area contributed by atoms with Gasteiger partial charge in [-0.25, -0.2) is 0 Å². The summed E-state index contributed by atoms with van der Waals surface area (Å²) < 4.78 is 12.2. The van der Waals surface area contributed by atoms with Crippen LogP contribution in [0.1, 0.15) is 59.2 Å². The maximum absolute atomic E-state index is 13.1. The van der Waals surface area contributed by atoms with E-state index in [0.717, 1.165) is 29.0 Å². The Bertz CT molecular complexity index is 1010. The summed E-state index contributed by atoms with van der Waals surface area (Å²) >= 11 is 6.09. The summed E-state index contributed by atoms with van der Waals surface area (Å²) in [7, 11) is 0. The van der Waals surface area contributed by atoms with Crippen LogP contribution in [0.15, 0.2) is 36.1 Å². The van der Waals surface area contributed by atoms with Crippen molar-refractivity contribution in [1.29, 1.82) is 0 Å². The van der Waals surface area contributed by atoms with Crippen molar-refractivity contribution in [2.75, 3.05) is 6.73 Å². The van der Waals surface area contributed by atoms with Crippen LogP contribution in [0.25, 0.3) is 6.08 Å². The van der Waals surface area contributed by atoms with Gasteiger partial charge in [0, 0.05) is 17.6 Å². The number of Topliss-reactive ketones (excluding diaryl/α,β-unsaturated/α-hetero) is 1. The summed E-state index contributed by atoms with van der Waals surface area (Å²) in [6, 6.07) is 9.94. The zero-order valence-corrected chi connectivity index (χ0v) is 17.3. The summed E-state index contributed by atoms with van der Waals surface area (Å²) in [6.07, 6.45) is 8.08. The van der Waals surface area contributed by atoms with Crippen molar-refractivity contribution >= 4 is 23.5 Å². The molecule has 5 heteroatoms. The highest BCUT2D eigenvalue weighted by Crippen LogP contribution is 2.44. The van der Waals surface area contributed by atoms with Crippen molar-refractivity contribution in [3.05, 3.63) is 63.4 Å². The number of benzene rings is 2. The van der Waals surface area contributed by atoms with Gasteiger partial charge >= 0.3 is 0 Å². The minimum atomic E-state index is -0.0740. The van der Waals surface area contributed by atoms with Crippen LogP contribution < -0.4 is 9.47 Å². The minimum Gasteiger partial charge on any atom is -0.478 e. The van der Waals surface area contributed by atoms with Crippen LogP contribution >= 0.6 is 11.6 Å². The Kier molecular flexibility index (Phi) is 4.84. The molecule has 150 valence electrons. The number of fused-ring (bicyclic) bond motifs is 3. The molecule has 0 amide bonds. The van der Waals surface area contributed by atoms with Crippen molar-refractivity contribution in [2.24, 2.45) is 0 Å². The van der Waals surface area contributed by atoms with Gasteiger partial charge < -0.3 is 9.47 Å². The number of carbonyl (C=O) groups excluding carboxylic acids is 1. The molecular weight excluding hydrogens is 386 g/mol. The molecule has 1 aliphatic carbocycles. The van der Waals surface area contributed by atoms with Gasteiger partial charge in [0.2, 0.25) is 5.78 Å². The molecule has 0 bridgehead atoms. The topological polar surface area (TPSA) is 38.8 Å². The second-order valence-electron chi connectivity index (χ2n) is 8.18. The van der Waals surface area contributed by atoms with Gasteiger partial charge in [-0.3, -0.25) is 9.69 Å². The first-order chi connectivity index (χ1) is 14.1. The fourth-order valence-corrected chi connectivity index (χ4v) is 4.87. The maximum Gasteiger partial charge on any atom is 0.232 e. The van der Waals surface area contributed by atoms with Gasteiger partial charge in [0.1, 0.15) is 18.2 Å². The van der Waals surface area contributed by atoms with Crippen molar-refractivity contribution in [1.82, 2.24) is 4.90 Å². The molecule has 2 aromatic rings. The lowest BCUT2D eigenvalue weighted by molar-refractivity contribution is 0.0393. The van der Waals surface area contributed by atoms with Crippen molar-refractivity contribution < 1.29 is 14.3 Å². The molecule has 29 heavy (non-hydrogen) atoms. The third-order valence-corrected chi connectivity index (χ3v) is 6.42. The van der Waals surface area contributed by atoms with Crippen molar-refractivity contribution in [2.45, 2.75) is 51.6 Å². The van der Waals surface area contributed by atoms with Gasteiger partial charge in [-0.2, -0.15) is 0 Å². The van der Waals surface area contributed by atoms with Gasteiger partial charge in [-0.15, -0.1) is 0 Å². The van der Waals surface area contributed by atoms with Crippen LogP contribution in [0.4, 0.5) is 0 Å². The fraction of sp³-hybridized carbons (Fsp3) is 0.375. The minimum absolute atomic E-state index is 0.0740. The Morgan fingerprint density at radius 3 is 2.79 bits per heavy atom. The number of ether oxygens (including phenoxy) is 2. The van der Waals surface area contributed by atoms with E-state index in [1.54, 1.807) is 6.08 Å². The van der Waals surface area contributed by atoms with Crippen LogP contribution in [-0.2, 0) is 6.54 Å². The lowest BCUT2D eigenvalue weighted by Crippen LogP contribution is -2.41. The molecule has 0 saturated heterocycles. The van der Waals surface area contributed by atoms with Crippen LogP contribution in [0.5, 0.6) is 11.5 Å². The van der Waals surface area contributed by atoms with Crippen LogP contribution in [0, 0.1) is 6.92 Å². The molecule has 5 rings (SSSR count). The molecule has 0 spiro atoms. The standard InChI is InChI=1S/C24H24ClNO3/c1-15-10-20-19(13-26(14-28-20)18-8-3-2-4-9-18)24-22(15)23(27)21(29-24)12-16-6-5-7-17(25)11-16/h5-7,10-12,18H,2-4,8-9,13-14H2,1H3/b21-12-. The molecule has 2 heterocycles. The molecule has 1 fully saturated rings. The van der Waals surface area contributed by atoms with Crippen molar-refractivity contribution in [3.8, 4) is 11.5 Å². The molecule has 0 unspecified atom stereocenters. The predicted octanol–water partition coefficient (Wildman–Crippen LogP) is 5.75. The molecule has 0 atom stereocenters. The Labute approximate surface area is 176 Å². The highest BCUT2D eigenvalue weighted by molar-refractivity contribution is 6.30. The van der Waals surface area contributed by atoms with Gasteiger partial charge in [-0.05, 0) is 55.2 Å². The van der Waals surface area contributed by atoms with E-state index >= 15 is 0 Å². The van der Waals surface area contributed by atoms with Gasteiger partial charge in [0.05, 0.1) is 11.1 Å². The molecule has 0 N–H and O–H groups in total. The Hall–Kier alpha value is -2.30. The Morgan fingerprint density at radius 2 is 2.00 bits per heavy atom. The SMILES string of the molecule is Cc1cc2c(c3c1C(=O)/C(=C/c1cccc(Cl)c1)O3)CN(C1CCCCC1)CO2. The number of hydrogen-bond donors (Lipinski definition) is 0.